The predicted octanol–water partition coefficient (Wildman–Crippen LogP) is 2.86. The van der Waals surface area contributed by atoms with Gasteiger partial charge in [-0.25, -0.2) is 0 Å². The molecule has 5 nitrogen and oxygen atoms in total. The SMILES string of the molecule is Cc1ccc(CCC(C)C(=O)O)c(C)c1[N+](=O)[O-]. The molecule has 5 heteroatoms. The minimum absolute atomic E-state index is 0.135. The lowest BCUT2D eigenvalue weighted by molar-refractivity contribution is -0.386. The highest BCUT2D eigenvalue weighted by Gasteiger charge is 2.18. The van der Waals surface area contributed by atoms with Crippen LogP contribution in [0.4, 0.5) is 5.69 Å². The summed E-state index contributed by atoms with van der Waals surface area (Å²) in [7, 11) is 0. The summed E-state index contributed by atoms with van der Waals surface area (Å²) in [6.07, 6.45) is 1.02. The van der Waals surface area contributed by atoms with Crippen molar-refractivity contribution in [3.05, 3.63) is 38.9 Å². The molecule has 0 heterocycles. The Morgan fingerprint density at radius 1 is 1.44 bits per heavy atom. The first-order valence-electron chi connectivity index (χ1n) is 5.80. The Kier molecular flexibility index (Phi) is 4.42. The molecular weight excluding hydrogens is 234 g/mol. The van der Waals surface area contributed by atoms with Gasteiger partial charge >= 0.3 is 5.97 Å². The molecule has 0 aliphatic carbocycles. The van der Waals surface area contributed by atoms with Crippen LogP contribution in [0, 0.1) is 29.9 Å². The number of nitro groups is 1. The fourth-order valence-electron chi connectivity index (χ4n) is 1.92. The average Bonchev–Trinajstić information content (AvgIpc) is 2.27. The van der Waals surface area contributed by atoms with Gasteiger partial charge in [0.1, 0.15) is 0 Å². The molecular formula is C13H17NO4. The van der Waals surface area contributed by atoms with Crippen molar-refractivity contribution in [1.82, 2.24) is 0 Å². The highest BCUT2D eigenvalue weighted by Crippen LogP contribution is 2.27. The van der Waals surface area contributed by atoms with E-state index in [1.165, 1.54) is 0 Å². The van der Waals surface area contributed by atoms with Crippen LogP contribution in [-0.2, 0) is 11.2 Å². The van der Waals surface area contributed by atoms with Crippen molar-refractivity contribution in [2.45, 2.75) is 33.6 Å². The number of carbonyl (C=O) groups is 1. The maximum Gasteiger partial charge on any atom is 0.306 e. The van der Waals surface area contributed by atoms with Crippen molar-refractivity contribution in [1.29, 1.82) is 0 Å². The van der Waals surface area contributed by atoms with Crippen molar-refractivity contribution in [3.8, 4) is 0 Å². The second-order valence-electron chi connectivity index (χ2n) is 4.55. The maximum atomic E-state index is 11.0. The van der Waals surface area contributed by atoms with E-state index in [-0.39, 0.29) is 10.6 Å². The number of carboxylic acid groups (broad SMARTS) is 1. The summed E-state index contributed by atoms with van der Waals surface area (Å²) in [6, 6.07) is 3.55. The van der Waals surface area contributed by atoms with E-state index in [1.54, 1.807) is 26.8 Å². The molecule has 0 saturated carbocycles. The largest absolute Gasteiger partial charge is 0.481 e. The number of aryl methyl sites for hydroxylation is 2. The second-order valence-corrected chi connectivity index (χ2v) is 4.55. The Morgan fingerprint density at radius 3 is 2.56 bits per heavy atom. The normalized spacial score (nSPS) is 12.2. The summed E-state index contributed by atoms with van der Waals surface area (Å²) in [6.45, 7) is 5.06. The molecule has 1 aromatic rings. The Morgan fingerprint density at radius 2 is 2.06 bits per heavy atom. The minimum Gasteiger partial charge on any atom is -0.481 e. The number of hydrogen-bond acceptors (Lipinski definition) is 3. The number of benzene rings is 1. The van der Waals surface area contributed by atoms with Crippen molar-refractivity contribution in [2.75, 3.05) is 0 Å². The first kappa shape index (κ1) is 14.2. The van der Waals surface area contributed by atoms with Crippen LogP contribution in [0.3, 0.4) is 0 Å². The summed E-state index contributed by atoms with van der Waals surface area (Å²) in [5.41, 5.74) is 2.25. The van der Waals surface area contributed by atoms with Gasteiger partial charge in [0.25, 0.3) is 5.69 Å². The van der Waals surface area contributed by atoms with Crippen LogP contribution in [0.2, 0.25) is 0 Å². The zero-order valence-electron chi connectivity index (χ0n) is 10.8. The Labute approximate surface area is 106 Å². The van der Waals surface area contributed by atoms with E-state index in [9.17, 15) is 14.9 Å². The van der Waals surface area contributed by atoms with Gasteiger partial charge < -0.3 is 5.11 Å². The molecule has 1 rings (SSSR count). The van der Waals surface area contributed by atoms with Crippen LogP contribution < -0.4 is 0 Å². The predicted molar refractivity (Wildman–Crippen MR) is 67.7 cm³/mol. The fourth-order valence-corrected chi connectivity index (χ4v) is 1.92. The van der Waals surface area contributed by atoms with E-state index >= 15 is 0 Å². The quantitative estimate of drug-likeness (QED) is 0.644. The second kappa shape index (κ2) is 5.62. The van der Waals surface area contributed by atoms with E-state index in [0.717, 1.165) is 5.56 Å². The van der Waals surface area contributed by atoms with Crippen molar-refractivity contribution in [2.24, 2.45) is 5.92 Å². The van der Waals surface area contributed by atoms with Gasteiger partial charge in [-0.3, -0.25) is 14.9 Å². The molecule has 18 heavy (non-hydrogen) atoms. The molecule has 0 aromatic heterocycles. The van der Waals surface area contributed by atoms with Crippen LogP contribution in [0.1, 0.15) is 30.0 Å². The molecule has 1 aromatic carbocycles. The summed E-state index contributed by atoms with van der Waals surface area (Å²) in [5, 5.41) is 19.8. The molecule has 0 saturated heterocycles. The third kappa shape index (κ3) is 3.06. The number of rotatable bonds is 5. The monoisotopic (exact) mass is 251 g/mol. The van der Waals surface area contributed by atoms with E-state index in [2.05, 4.69) is 0 Å². The van der Waals surface area contributed by atoms with Gasteiger partial charge in [0.15, 0.2) is 0 Å². The van der Waals surface area contributed by atoms with Crippen LogP contribution in [-0.4, -0.2) is 16.0 Å². The van der Waals surface area contributed by atoms with Gasteiger partial charge in [0.05, 0.1) is 10.8 Å². The summed E-state index contributed by atoms with van der Waals surface area (Å²) < 4.78 is 0. The summed E-state index contributed by atoms with van der Waals surface area (Å²) in [5.74, 6) is -1.28. The van der Waals surface area contributed by atoms with Gasteiger partial charge in [-0.2, -0.15) is 0 Å². The van der Waals surface area contributed by atoms with Crippen molar-refractivity contribution in [3.63, 3.8) is 0 Å². The average molecular weight is 251 g/mol. The standard InChI is InChI=1S/C13H17NO4/c1-8-4-6-11(7-5-9(2)13(15)16)10(3)12(8)14(17)18/h4,6,9H,5,7H2,1-3H3,(H,15,16). The maximum absolute atomic E-state index is 11.0. The third-order valence-corrected chi connectivity index (χ3v) is 3.20. The van der Waals surface area contributed by atoms with Gasteiger partial charge in [-0.1, -0.05) is 19.1 Å². The molecule has 0 amide bonds. The molecule has 1 atom stereocenters. The van der Waals surface area contributed by atoms with Crippen LogP contribution in [0.5, 0.6) is 0 Å². The van der Waals surface area contributed by atoms with Gasteiger partial charge in [0.2, 0.25) is 0 Å². The van der Waals surface area contributed by atoms with Gasteiger partial charge in [-0.15, -0.1) is 0 Å². The number of nitro benzene ring substituents is 1. The first-order chi connectivity index (χ1) is 8.34. The molecule has 0 aliphatic heterocycles. The molecule has 0 radical (unpaired) electrons. The van der Waals surface area contributed by atoms with E-state index in [4.69, 9.17) is 5.11 Å². The van der Waals surface area contributed by atoms with E-state index in [0.29, 0.717) is 24.0 Å². The number of carboxylic acids is 1. The van der Waals surface area contributed by atoms with E-state index in [1.807, 2.05) is 6.07 Å². The fraction of sp³-hybridized carbons (Fsp3) is 0.462. The molecule has 98 valence electrons. The highest BCUT2D eigenvalue weighted by atomic mass is 16.6. The van der Waals surface area contributed by atoms with E-state index < -0.39 is 11.9 Å². The first-order valence-corrected chi connectivity index (χ1v) is 5.80. The lowest BCUT2D eigenvalue weighted by Gasteiger charge is -2.10. The number of aliphatic carboxylic acids is 1. The molecule has 0 spiro atoms. The molecule has 0 aliphatic rings. The molecule has 1 N–H and O–H groups in total. The summed E-state index contributed by atoms with van der Waals surface area (Å²) in [4.78, 5) is 21.3. The zero-order valence-corrected chi connectivity index (χ0v) is 10.8. The third-order valence-electron chi connectivity index (χ3n) is 3.20. The van der Waals surface area contributed by atoms with Crippen LogP contribution in [0.15, 0.2) is 12.1 Å². The van der Waals surface area contributed by atoms with Crippen molar-refractivity contribution >= 4 is 11.7 Å². The Hall–Kier alpha value is -1.91. The lowest BCUT2D eigenvalue weighted by Crippen LogP contribution is -2.11. The number of nitrogens with zero attached hydrogens (tertiary/aromatic N) is 1. The minimum atomic E-state index is -0.839. The van der Waals surface area contributed by atoms with Gasteiger partial charge in [-0.05, 0) is 32.3 Å². The van der Waals surface area contributed by atoms with Crippen LogP contribution in [0.25, 0.3) is 0 Å². The topological polar surface area (TPSA) is 80.4 Å². The zero-order chi connectivity index (χ0) is 13.9. The van der Waals surface area contributed by atoms with Crippen molar-refractivity contribution < 1.29 is 14.8 Å². The lowest BCUT2D eigenvalue weighted by atomic mass is 9.95. The Bertz CT molecular complexity index is 482. The Balaban J connectivity index is 2.95. The van der Waals surface area contributed by atoms with Crippen LogP contribution >= 0.6 is 0 Å². The molecule has 1 unspecified atom stereocenters. The number of hydrogen-bond donors (Lipinski definition) is 1. The smallest absolute Gasteiger partial charge is 0.306 e. The molecule has 0 bridgehead atoms. The van der Waals surface area contributed by atoms with Gasteiger partial charge in [0, 0.05) is 11.1 Å². The summed E-state index contributed by atoms with van der Waals surface area (Å²) >= 11 is 0. The highest BCUT2D eigenvalue weighted by molar-refractivity contribution is 5.69. The molecule has 0 fully saturated rings.